The highest BCUT2D eigenvalue weighted by Crippen LogP contribution is 2.45. The van der Waals surface area contributed by atoms with Gasteiger partial charge in [-0.15, -0.1) is 0 Å². The van der Waals surface area contributed by atoms with E-state index in [1.165, 1.54) is 83.5 Å². The predicted octanol–water partition coefficient (Wildman–Crippen LogP) is 7.30. The Bertz CT molecular complexity index is 471. The van der Waals surface area contributed by atoms with Gasteiger partial charge >= 0.3 is 5.97 Å². The predicted molar refractivity (Wildman–Crippen MR) is 115 cm³/mol. The van der Waals surface area contributed by atoms with Crippen molar-refractivity contribution >= 4 is 5.97 Å². The van der Waals surface area contributed by atoms with Gasteiger partial charge in [-0.05, 0) is 107 Å². The van der Waals surface area contributed by atoms with Crippen LogP contribution in [-0.2, 0) is 9.53 Å². The second kappa shape index (κ2) is 9.98. The van der Waals surface area contributed by atoms with E-state index in [-0.39, 0.29) is 18.0 Å². The normalized spacial score (nSPS) is 40.8. The average Bonchev–Trinajstić information content (AvgIpc) is 2.76. The van der Waals surface area contributed by atoms with Gasteiger partial charge in [-0.1, -0.05) is 39.0 Å². The van der Waals surface area contributed by atoms with Crippen LogP contribution in [0, 0.1) is 35.5 Å². The van der Waals surface area contributed by atoms with Crippen molar-refractivity contribution in [3.05, 3.63) is 0 Å². The van der Waals surface area contributed by atoms with Crippen LogP contribution >= 0.6 is 0 Å². The van der Waals surface area contributed by atoms with Crippen molar-refractivity contribution in [2.75, 3.05) is 0 Å². The summed E-state index contributed by atoms with van der Waals surface area (Å²) in [6.45, 7) is 2.32. The zero-order valence-corrected chi connectivity index (χ0v) is 18.4. The molecule has 4 aliphatic carbocycles. The van der Waals surface area contributed by atoms with Crippen LogP contribution in [0.25, 0.3) is 0 Å². The van der Waals surface area contributed by atoms with Crippen LogP contribution in [0.1, 0.15) is 116 Å². The lowest BCUT2D eigenvalue weighted by molar-refractivity contribution is -0.157. The van der Waals surface area contributed by atoms with Gasteiger partial charge in [-0.2, -0.15) is 0 Å². The summed E-state index contributed by atoms with van der Waals surface area (Å²) in [6.07, 6.45) is 23.0. The van der Waals surface area contributed by atoms with Gasteiger partial charge in [0.1, 0.15) is 6.10 Å². The summed E-state index contributed by atoms with van der Waals surface area (Å²) in [5.74, 6) is 5.11. The molecule has 0 aromatic heterocycles. The van der Waals surface area contributed by atoms with Crippen LogP contribution in [0.4, 0.5) is 0 Å². The minimum atomic E-state index is 0.138. The molecule has 4 fully saturated rings. The molecule has 0 aromatic rings. The Morgan fingerprint density at radius 3 is 1.57 bits per heavy atom. The number of ether oxygens (including phenoxy) is 1. The van der Waals surface area contributed by atoms with Crippen LogP contribution in [0.3, 0.4) is 0 Å². The number of hydrogen-bond donors (Lipinski definition) is 0. The zero-order chi connectivity index (χ0) is 19.3. The van der Waals surface area contributed by atoms with Gasteiger partial charge in [0, 0.05) is 0 Å². The fraction of sp³-hybridized carbons (Fsp3) is 0.962. The standard InChI is InChI=1S/C26H44O2/c1-19-7-17-25(18-8-19)28-26(27)24-15-13-23(14-16-24)22-11-9-21(10-12-22)20-5-3-2-4-6-20/h19-25H,2-18H2,1H3. The molecule has 0 atom stereocenters. The van der Waals surface area contributed by atoms with Crippen molar-refractivity contribution in [2.24, 2.45) is 35.5 Å². The van der Waals surface area contributed by atoms with E-state index >= 15 is 0 Å². The van der Waals surface area contributed by atoms with E-state index in [4.69, 9.17) is 4.74 Å². The monoisotopic (exact) mass is 388 g/mol. The molecule has 4 rings (SSSR count). The van der Waals surface area contributed by atoms with E-state index in [1.807, 2.05) is 0 Å². The quantitative estimate of drug-likeness (QED) is 0.472. The maximum Gasteiger partial charge on any atom is 0.309 e. The molecule has 160 valence electrons. The first kappa shape index (κ1) is 20.7. The minimum Gasteiger partial charge on any atom is -0.462 e. The molecule has 2 heteroatoms. The molecule has 4 aliphatic rings. The summed E-state index contributed by atoms with van der Waals surface area (Å²) in [5.41, 5.74) is 0. The third kappa shape index (κ3) is 5.33. The van der Waals surface area contributed by atoms with Crippen LogP contribution in [0.2, 0.25) is 0 Å². The molecule has 0 spiro atoms. The molecule has 0 amide bonds. The maximum atomic E-state index is 12.6. The second-order valence-electron chi connectivity index (χ2n) is 11.0. The van der Waals surface area contributed by atoms with Crippen molar-refractivity contribution in [2.45, 2.75) is 122 Å². The minimum absolute atomic E-state index is 0.138. The van der Waals surface area contributed by atoms with E-state index in [1.54, 1.807) is 0 Å². The molecule has 0 bridgehead atoms. The van der Waals surface area contributed by atoms with E-state index in [0.717, 1.165) is 55.3 Å². The van der Waals surface area contributed by atoms with Crippen LogP contribution in [0.15, 0.2) is 0 Å². The lowest BCUT2D eigenvalue weighted by atomic mass is 9.66. The molecule has 0 saturated heterocycles. The number of carbonyl (C=O) groups is 1. The van der Waals surface area contributed by atoms with Gasteiger partial charge in [0.25, 0.3) is 0 Å². The summed E-state index contributed by atoms with van der Waals surface area (Å²) in [4.78, 5) is 12.6. The van der Waals surface area contributed by atoms with Gasteiger partial charge < -0.3 is 4.74 Å². The summed E-state index contributed by atoms with van der Waals surface area (Å²) in [7, 11) is 0. The molecule has 0 aromatic carbocycles. The van der Waals surface area contributed by atoms with Crippen LogP contribution in [-0.4, -0.2) is 12.1 Å². The smallest absolute Gasteiger partial charge is 0.309 e. The Balaban J connectivity index is 1.16. The van der Waals surface area contributed by atoms with Crippen molar-refractivity contribution in [3.63, 3.8) is 0 Å². The molecule has 0 aliphatic heterocycles. The lowest BCUT2D eigenvalue weighted by Gasteiger charge is -2.40. The third-order valence-corrected chi connectivity index (χ3v) is 9.15. The lowest BCUT2D eigenvalue weighted by Crippen LogP contribution is -2.32. The highest BCUT2D eigenvalue weighted by Gasteiger charge is 2.36. The topological polar surface area (TPSA) is 26.3 Å². The van der Waals surface area contributed by atoms with Crippen molar-refractivity contribution in [1.82, 2.24) is 0 Å². The van der Waals surface area contributed by atoms with Crippen LogP contribution in [0.5, 0.6) is 0 Å². The molecule has 2 nitrogen and oxygen atoms in total. The maximum absolute atomic E-state index is 12.6. The molecule has 0 radical (unpaired) electrons. The Kier molecular flexibility index (Phi) is 7.39. The Labute approximate surface area is 173 Å². The SMILES string of the molecule is CC1CCC(OC(=O)C2CCC(C3CCC(C4CCCCC4)CC3)CC2)CC1. The van der Waals surface area contributed by atoms with E-state index in [0.29, 0.717) is 0 Å². The van der Waals surface area contributed by atoms with Gasteiger partial charge in [0.2, 0.25) is 0 Å². The number of carbonyl (C=O) groups excluding carboxylic acids is 1. The molecule has 0 unspecified atom stereocenters. The van der Waals surface area contributed by atoms with Crippen molar-refractivity contribution < 1.29 is 9.53 Å². The van der Waals surface area contributed by atoms with Crippen molar-refractivity contribution in [1.29, 1.82) is 0 Å². The first-order chi connectivity index (χ1) is 13.7. The fourth-order valence-electron chi connectivity index (χ4n) is 7.13. The Hall–Kier alpha value is -0.530. The number of hydrogen-bond acceptors (Lipinski definition) is 2. The van der Waals surface area contributed by atoms with E-state index < -0.39 is 0 Å². The number of rotatable bonds is 4. The summed E-state index contributed by atoms with van der Waals surface area (Å²) >= 11 is 0. The highest BCUT2D eigenvalue weighted by molar-refractivity contribution is 5.72. The molecule has 28 heavy (non-hydrogen) atoms. The number of esters is 1. The second-order valence-corrected chi connectivity index (χ2v) is 11.0. The van der Waals surface area contributed by atoms with Gasteiger partial charge in [-0.25, -0.2) is 0 Å². The Morgan fingerprint density at radius 1 is 0.571 bits per heavy atom. The first-order valence-electron chi connectivity index (χ1n) is 12.9. The molecular weight excluding hydrogens is 344 g/mol. The average molecular weight is 389 g/mol. The van der Waals surface area contributed by atoms with Gasteiger partial charge in [0.05, 0.1) is 5.92 Å². The van der Waals surface area contributed by atoms with Crippen LogP contribution < -0.4 is 0 Å². The van der Waals surface area contributed by atoms with Gasteiger partial charge in [-0.3, -0.25) is 4.79 Å². The third-order valence-electron chi connectivity index (χ3n) is 9.15. The molecule has 0 N–H and O–H groups in total. The molecule has 0 heterocycles. The zero-order valence-electron chi connectivity index (χ0n) is 18.4. The summed E-state index contributed by atoms with van der Waals surface area (Å²) in [6, 6.07) is 0. The molecule has 4 saturated carbocycles. The van der Waals surface area contributed by atoms with E-state index in [9.17, 15) is 4.79 Å². The van der Waals surface area contributed by atoms with E-state index in [2.05, 4.69) is 6.92 Å². The summed E-state index contributed by atoms with van der Waals surface area (Å²) in [5, 5.41) is 0. The summed E-state index contributed by atoms with van der Waals surface area (Å²) < 4.78 is 5.90. The van der Waals surface area contributed by atoms with Gasteiger partial charge in [0.15, 0.2) is 0 Å². The highest BCUT2D eigenvalue weighted by atomic mass is 16.5. The fourth-order valence-corrected chi connectivity index (χ4v) is 7.13. The van der Waals surface area contributed by atoms with Crippen molar-refractivity contribution in [3.8, 4) is 0 Å². The first-order valence-corrected chi connectivity index (χ1v) is 12.9. The largest absolute Gasteiger partial charge is 0.462 e. The Morgan fingerprint density at radius 2 is 1.04 bits per heavy atom. The molecular formula is C26H44O2.